The Morgan fingerprint density at radius 1 is 1.10 bits per heavy atom. The van der Waals surface area contributed by atoms with Gasteiger partial charge in [0, 0.05) is 43.2 Å². The molecular formula is C28H36N6O4S. The number of nitrogens with zero attached hydrogens (tertiary/aromatic N) is 5. The standard InChI is InChI=1S/C28H36N6O4S/c1-18-23-16-30-28(32-26(23)34(22-8-4-5-9-22)27(36)25(18)19(2)35)31-24-11-10-20(15-29-24)21-7-6-12-33(17-21)13-14-39(3,37)38/h10-11,15-16,21-22H,4-9,12-14,17H2,1-3H3,(H,29,30,31,32). The normalized spacial score (nSPS) is 19.0. The number of likely N-dealkylation sites (tertiary alicyclic amines) is 1. The number of sulfone groups is 1. The lowest BCUT2D eigenvalue weighted by molar-refractivity contribution is 0.101. The van der Waals surface area contributed by atoms with Gasteiger partial charge in [-0.25, -0.2) is 18.4 Å². The quantitative estimate of drug-likeness (QED) is 0.415. The molecule has 5 rings (SSSR count). The Morgan fingerprint density at radius 3 is 2.54 bits per heavy atom. The van der Waals surface area contributed by atoms with Gasteiger partial charge in [-0.15, -0.1) is 0 Å². The number of rotatable bonds is 8. The lowest BCUT2D eigenvalue weighted by atomic mass is 9.92. The number of carbonyl (C=O) groups excluding carboxylic acids is 1. The fourth-order valence-electron chi connectivity index (χ4n) is 5.97. The van der Waals surface area contributed by atoms with Gasteiger partial charge in [-0.3, -0.25) is 14.2 Å². The Morgan fingerprint density at radius 2 is 1.87 bits per heavy atom. The van der Waals surface area contributed by atoms with Gasteiger partial charge >= 0.3 is 0 Å². The molecule has 2 fully saturated rings. The summed E-state index contributed by atoms with van der Waals surface area (Å²) >= 11 is 0. The number of aromatic nitrogens is 4. The highest BCUT2D eigenvalue weighted by atomic mass is 32.2. The smallest absolute Gasteiger partial charge is 0.263 e. The molecular weight excluding hydrogens is 516 g/mol. The van der Waals surface area contributed by atoms with E-state index in [9.17, 15) is 18.0 Å². The number of hydrogen-bond donors (Lipinski definition) is 1. The van der Waals surface area contributed by atoms with Crippen molar-refractivity contribution in [2.75, 3.05) is 37.0 Å². The highest BCUT2D eigenvalue weighted by Crippen LogP contribution is 2.32. The van der Waals surface area contributed by atoms with Crippen LogP contribution in [0.1, 0.15) is 78.9 Å². The van der Waals surface area contributed by atoms with Crippen molar-refractivity contribution in [2.45, 2.75) is 64.3 Å². The van der Waals surface area contributed by atoms with Crippen LogP contribution >= 0.6 is 0 Å². The summed E-state index contributed by atoms with van der Waals surface area (Å²) in [5.41, 5.74) is 2.22. The van der Waals surface area contributed by atoms with Gasteiger partial charge in [-0.2, -0.15) is 4.98 Å². The summed E-state index contributed by atoms with van der Waals surface area (Å²) in [6.45, 7) is 5.50. The van der Waals surface area contributed by atoms with Crippen molar-refractivity contribution in [1.82, 2.24) is 24.4 Å². The molecule has 0 aromatic carbocycles. The van der Waals surface area contributed by atoms with Crippen LogP contribution in [0.2, 0.25) is 0 Å². The molecule has 1 saturated heterocycles. The molecule has 0 amide bonds. The number of hydrogen-bond acceptors (Lipinski definition) is 9. The average Bonchev–Trinajstić information content (AvgIpc) is 3.42. The lowest BCUT2D eigenvalue weighted by Crippen LogP contribution is -2.37. The third kappa shape index (κ3) is 6.04. The van der Waals surface area contributed by atoms with Crippen molar-refractivity contribution in [2.24, 2.45) is 0 Å². The van der Waals surface area contributed by atoms with E-state index in [4.69, 9.17) is 4.98 Å². The number of carbonyl (C=O) groups is 1. The maximum Gasteiger partial charge on any atom is 0.263 e. The van der Waals surface area contributed by atoms with Gasteiger partial charge in [-0.1, -0.05) is 18.9 Å². The number of fused-ring (bicyclic) bond motifs is 1. The van der Waals surface area contributed by atoms with E-state index in [0.29, 0.717) is 40.8 Å². The Hall–Kier alpha value is -3.18. The van der Waals surface area contributed by atoms with Crippen LogP contribution in [0.4, 0.5) is 11.8 Å². The van der Waals surface area contributed by atoms with Crippen LogP contribution in [0.3, 0.4) is 0 Å². The summed E-state index contributed by atoms with van der Waals surface area (Å²) in [6, 6.07) is 3.96. The summed E-state index contributed by atoms with van der Waals surface area (Å²) in [6.07, 6.45) is 10.7. The molecule has 0 spiro atoms. The molecule has 4 heterocycles. The molecule has 11 heteroatoms. The van der Waals surface area contributed by atoms with Gasteiger partial charge < -0.3 is 10.2 Å². The van der Waals surface area contributed by atoms with Crippen LogP contribution in [0.5, 0.6) is 0 Å². The van der Waals surface area contributed by atoms with Gasteiger partial charge in [0.2, 0.25) is 5.95 Å². The zero-order chi connectivity index (χ0) is 27.7. The molecule has 39 heavy (non-hydrogen) atoms. The number of ketones is 1. The van der Waals surface area contributed by atoms with E-state index >= 15 is 0 Å². The predicted octanol–water partition coefficient (Wildman–Crippen LogP) is 3.78. The Bertz CT molecular complexity index is 1550. The van der Waals surface area contributed by atoms with E-state index in [1.807, 2.05) is 18.3 Å². The monoisotopic (exact) mass is 552 g/mol. The summed E-state index contributed by atoms with van der Waals surface area (Å²) < 4.78 is 24.8. The molecule has 3 aromatic heterocycles. The molecule has 1 aliphatic heterocycles. The summed E-state index contributed by atoms with van der Waals surface area (Å²) in [4.78, 5) is 41.8. The molecule has 10 nitrogen and oxygen atoms in total. The molecule has 1 N–H and O–H groups in total. The predicted molar refractivity (Wildman–Crippen MR) is 152 cm³/mol. The van der Waals surface area contributed by atoms with E-state index < -0.39 is 9.84 Å². The highest BCUT2D eigenvalue weighted by molar-refractivity contribution is 7.90. The Labute approximate surface area is 228 Å². The average molecular weight is 553 g/mol. The van der Waals surface area contributed by atoms with Crippen molar-refractivity contribution in [1.29, 1.82) is 0 Å². The number of anilines is 2. The fraction of sp³-hybridized carbons (Fsp3) is 0.536. The lowest BCUT2D eigenvalue weighted by Gasteiger charge is -2.32. The third-order valence-electron chi connectivity index (χ3n) is 8.03. The van der Waals surface area contributed by atoms with Crippen molar-refractivity contribution in [3.8, 4) is 0 Å². The van der Waals surface area contributed by atoms with Crippen molar-refractivity contribution in [3.63, 3.8) is 0 Å². The van der Waals surface area contributed by atoms with Gasteiger partial charge in [0.25, 0.3) is 5.56 Å². The first-order valence-electron chi connectivity index (χ1n) is 13.7. The van der Waals surface area contributed by atoms with Gasteiger partial charge in [0.15, 0.2) is 5.78 Å². The van der Waals surface area contributed by atoms with Crippen molar-refractivity contribution >= 4 is 38.4 Å². The van der Waals surface area contributed by atoms with Crippen molar-refractivity contribution in [3.05, 3.63) is 51.6 Å². The molecule has 1 atom stereocenters. The molecule has 1 unspecified atom stereocenters. The maximum atomic E-state index is 13.4. The second kappa shape index (κ2) is 11.1. The van der Waals surface area contributed by atoms with Crippen LogP contribution < -0.4 is 10.9 Å². The van der Waals surface area contributed by atoms with Crippen LogP contribution in [-0.2, 0) is 9.84 Å². The first-order chi connectivity index (χ1) is 18.6. The molecule has 0 radical (unpaired) electrons. The second-order valence-corrected chi connectivity index (χ2v) is 13.2. The first kappa shape index (κ1) is 27.4. The van der Waals surface area contributed by atoms with E-state index in [1.54, 1.807) is 17.7 Å². The fourth-order valence-corrected chi connectivity index (χ4v) is 6.56. The van der Waals surface area contributed by atoms with Crippen LogP contribution in [0.15, 0.2) is 29.3 Å². The van der Waals surface area contributed by atoms with E-state index in [-0.39, 0.29) is 28.7 Å². The summed E-state index contributed by atoms with van der Waals surface area (Å²) in [7, 11) is -2.98. The topological polar surface area (TPSA) is 127 Å². The maximum absolute atomic E-state index is 13.4. The second-order valence-electron chi connectivity index (χ2n) is 11.0. The zero-order valence-corrected chi connectivity index (χ0v) is 23.6. The molecule has 0 bridgehead atoms. The largest absolute Gasteiger partial charge is 0.309 e. The number of Topliss-reactive ketones (excluding diaryl/α,β-unsaturated/α-hetero) is 1. The summed E-state index contributed by atoms with van der Waals surface area (Å²) in [5, 5.41) is 3.88. The SMILES string of the molecule is CC(=O)c1c(C)c2cnc(Nc3ccc(C4CCCN(CCS(C)(=O)=O)C4)cn3)nc2n(C2CCCC2)c1=O. The van der Waals surface area contributed by atoms with E-state index in [0.717, 1.165) is 57.2 Å². The van der Waals surface area contributed by atoms with Gasteiger partial charge in [0.05, 0.1) is 11.3 Å². The Kier molecular flexibility index (Phi) is 7.82. The van der Waals surface area contributed by atoms with Crippen molar-refractivity contribution < 1.29 is 13.2 Å². The van der Waals surface area contributed by atoms with E-state index in [2.05, 4.69) is 20.2 Å². The molecule has 1 saturated carbocycles. The minimum absolute atomic E-state index is 0.0198. The van der Waals surface area contributed by atoms with Crippen LogP contribution in [-0.4, -0.2) is 70.3 Å². The molecule has 208 valence electrons. The third-order valence-corrected chi connectivity index (χ3v) is 8.96. The number of aryl methyl sites for hydroxylation is 1. The van der Waals surface area contributed by atoms with Crippen LogP contribution in [0.25, 0.3) is 11.0 Å². The number of piperidine rings is 1. The number of pyridine rings is 2. The number of nitrogens with one attached hydrogen (secondary N) is 1. The van der Waals surface area contributed by atoms with E-state index in [1.165, 1.54) is 13.2 Å². The zero-order valence-electron chi connectivity index (χ0n) is 22.8. The Balaban J connectivity index is 1.38. The highest BCUT2D eigenvalue weighted by Gasteiger charge is 2.26. The minimum atomic E-state index is -2.98. The molecule has 1 aliphatic carbocycles. The molecule has 2 aliphatic rings. The molecule has 3 aromatic rings. The first-order valence-corrected chi connectivity index (χ1v) is 15.7. The van der Waals surface area contributed by atoms with Gasteiger partial charge in [0.1, 0.15) is 21.3 Å². The van der Waals surface area contributed by atoms with Gasteiger partial charge in [-0.05, 0) is 69.2 Å². The van der Waals surface area contributed by atoms with Crippen LogP contribution in [0, 0.1) is 6.92 Å². The summed E-state index contributed by atoms with van der Waals surface area (Å²) in [5.74, 6) is 1.17. The minimum Gasteiger partial charge on any atom is -0.309 e.